The Hall–Kier alpha value is -1.90. The number of Topliss-reactive ketones (excluding diaryl/α,β-unsaturated/α-hetero) is 1. The van der Waals surface area contributed by atoms with E-state index in [2.05, 4.69) is 5.10 Å². The van der Waals surface area contributed by atoms with Gasteiger partial charge in [-0.15, -0.1) is 0 Å². The summed E-state index contributed by atoms with van der Waals surface area (Å²) in [5, 5.41) is 4.51. The molecule has 0 spiro atoms. The highest BCUT2D eigenvalue weighted by molar-refractivity contribution is 6.03. The van der Waals surface area contributed by atoms with Crippen molar-refractivity contribution in [2.24, 2.45) is 7.05 Å². The molecule has 0 aliphatic heterocycles. The van der Waals surface area contributed by atoms with Crippen molar-refractivity contribution in [3.05, 3.63) is 41.6 Å². The largest absolute Gasteiger partial charge is 0.294 e. The highest BCUT2D eigenvalue weighted by Gasteiger charge is 2.26. The van der Waals surface area contributed by atoms with E-state index >= 15 is 0 Å². The maximum absolute atomic E-state index is 12.0. The van der Waals surface area contributed by atoms with E-state index in [9.17, 15) is 4.79 Å². The number of nitrogens with zero attached hydrogens (tertiary/aromatic N) is 2. The number of carbonyl (C=O) groups excluding carboxylic acids is 1. The number of aromatic nitrogens is 2. The maximum atomic E-state index is 12.0. The Balaban J connectivity index is 2.22. The number of carbonyl (C=O) groups is 1. The molecule has 0 fully saturated rings. The summed E-state index contributed by atoms with van der Waals surface area (Å²) >= 11 is 0. The van der Waals surface area contributed by atoms with Crippen LogP contribution in [0.4, 0.5) is 0 Å². The number of rotatable bonds is 1. The fourth-order valence-electron chi connectivity index (χ4n) is 2.48. The van der Waals surface area contributed by atoms with Crippen LogP contribution in [-0.4, -0.2) is 15.6 Å². The molecular formula is C14H14N2O. The van der Waals surface area contributed by atoms with Crippen LogP contribution in [0.5, 0.6) is 0 Å². The Labute approximate surface area is 100 Å². The molecule has 0 atom stereocenters. The lowest BCUT2D eigenvalue weighted by molar-refractivity contribution is 0.0972. The first kappa shape index (κ1) is 10.3. The molecule has 2 aromatic rings. The molecule has 0 amide bonds. The van der Waals surface area contributed by atoms with Crippen molar-refractivity contribution in [2.75, 3.05) is 0 Å². The number of ketones is 1. The average Bonchev–Trinajstić information content (AvgIpc) is 2.70. The molecule has 1 heterocycles. The molecular weight excluding hydrogens is 212 g/mol. The minimum absolute atomic E-state index is 0.234. The Kier molecular flexibility index (Phi) is 2.32. The summed E-state index contributed by atoms with van der Waals surface area (Å²) < 4.78 is 1.86. The molecule has 3 heteroatoms. The zero-order valence-electron chi connectivity index (χ0n) is 9.81. The van der Waals surface area contributed by atoms with Gasteiger partial charge in [0.2, 0.25) is 0 Å². The Bertz CT molecular complexity index is 569. The summed E-state index contributed by atoms with van der Waals surface area (Å²) in [6.45, 7) is 0. The zero-order valence-corrected chi connectivity index (χ0v) is 9.81. The van der Waals surface area contributed by atoms with Gasteiger partial charge >= 0.3 is 0 Å². The van der Waals surface area contributed by atoms with Gasteiger partial charge in [0, 0.05) is 24.7 Å². The van der Waals surface area contributed by atoms with E-state index in [-0.39, 0.29) is 5.78 Å². The summed E-state index contributed by atoms with van der Waals surface area (Å²) in [6, 6.07) is 9.93. The molecule has 86 valence electrons. The van der Waals surface area contributed by atoms with E-state index in [1.54, 1.807) is 0 Å². The second-order valence-corrected chi connectivity index (χ2v) is 4.44. The molecule has 0 radical (unpaired) electrons. The average molecular weight is 226 g/mol. The van der Waals surface area contributed by atoms with Crippen LogP contribution >= 0.6 is 0 Å². The predicted molar refractivity (Wildman–Crippen MR) is 65.9 cm³/mol. The van der Waals surface area contributed by atoms with Gasteiger partial charge < -0.3 is 0 Å². The molecule has 3 rings (SSSR count). The molecule has 1 aromatic carbocycles. The standard InChI is InChI=1S/C14H14N2O/c1-16-11-8-5-9-12(17)13(11)14(15-16)10-6-3-2-4-7-10/h2-4,6-7H,5,8-9H2,1H3. The molecule has 1 aliphatic rings. The molecule has 1 aromatic heterocycles. The SMILES string of the molecule is Cn1nc(-c2ccccc2)c2c1CCCC2=O. The number of hydrogen-bond donors (Lipinski definition) is 0. The minimum atomic E-state index is 0.234. The van der Waals surface area contributed by atoms with E-state index in [0.717, 1.165) is 35.4 Å². The fourth-order valence-corrected chi connectivity index (χ4v) is 2.48. The Morgan fingerprint density at radius 2 is 1.94 bits per heavy atom. The van der Waals surface area contributed by atoms with Gasteiger partial charge in [-0.05, 0) is 12.8 Å². The van der Waals surface area contributed by atoms with E-state index in [1.165, 1.54) is 0 Å². The van der Waals surface area contributed by atoms with Crippen molar-refractivity contribution in [1.82, 2.24) is 9.78 Å². The lowest BCUT2D eigenvalue weighted by Crippen LogP contribution is -2.12. The molecule has 17 heavy (non-hydrogen) atoms. The van der Waals surface area contributed by atoms with Gasteiger partial charge in [0.1, 0.15) is 5.69 Å². The van der Waals surface area contributed by atoms with Crippen molar-refractivity contribution in [3.63, 3.8) is 0 Å². The van der Waals surface area contributed by atoms with Crippen molar-refractivity contribution in [3.8, 4) is 11.3 Å². The summed E-state index contributed by atoms with van der Waals surface area (Å²) in [7, 11) is 1.92. The van der Waals surface area contributed by atoms with Crippen LogP contribution in [0.1, 0.15) is 28.9 Å². The summed E-state index contributed by atoms with van der Waals surface area (Å²) in [4.78, 5) is 12.0. The topological polar surface area (TPSA) is 34.9 Å². The molecule has 1 aliphatic carbocycles. The van der Waals surface area contributed by atoms with Crippen molar-refractivity contribution in [2.45, 2.75) is 19.3 Å². The lowest BCUT2D eigenvalue weighted by atomic mass is 9.92. The quantitative estimate of drug-likeness (QED) is 0.749. The first-order valence-electron chi connectivity index (χ1n) is 5.92. The number of aryl methyl sites for hydroxylation is 1. The van der Waals surface area contributed by atoms with Crippen LogP contribution in [0.25, 0.3) is 11.3 Å². The predicted octanol–water partition coefficient (Wildman–Crippen LogP) is 2.61. The molecule has 0 unspecified atom stereocenters. The summed E-state index contributed by atoms with van der Waals surface area (Å²) in [6.07, 6.45) is 2.55. The van der Waals surface area contributed by atoms with Gasteiger partial charge in [0.15, 0.2) is 5.78 Å². The van der Waals surface area contributed by atoms with Gasteiger partial charge in [0.05, 0.1) is 5.56 Å². The van der Waals surface area contributed by atoms with Gasteiger partial charge in [-0.3, -0.25) is 9.48 Å². The van der Waals surface area contributed by atoms with Crippen LogP contribution in [0.2, 0.25) is 0 Å². The Morgan fingerprint density at radius 3 is 2.71 bits per heavy atom. The van der Waals surface area contributed by atoms with Crippen molar-refractivity contribution >= 4 is 5.78 Å². The van der Waals surface area contributed by atoms with Crippen molar-refractivity contribution < 1.29 is 4.79 Å². The molecule has 0 bridgehead atoms. The van der Waals surface area contributed by atoms with E-state index in [0.29, 0.717) is 6.42 Å². The number of benzene rings is 1. The fraction of sp³-hybridized carbons (Fsp3) is 0.286. The van der Waals surface area contributed by atoms with Crippen LogP contribution in [0.15, 0.2) is 30.3 Å². The molecule has 0 N–H and O–H groups in total. The number of fused-ring (bicyclic) bond motifs is 1. The smallest absolute Gasteiger partial charge is 0.166 e. The minimum Gasteiger partial charge on any atom is -0.294 e. The first-order chi connectivity index (χ1) is 8.27. The molecule has 0 saturated heterocycles. The second kappa shape index (κ2) is 3.84. The van der Waals surface area contributed by atoms with Crippen LogP contribution in [-0.2, 0) is 13.5 Å². The van der Waals surface area contributed by atoms with E-state index in [4.69, 9.17) is 0 Å². The van der Waals surface area contributed by atoms with Gasteiger partial charge in [-0.1, -0.05) is 30.3 Å². The van der Waals surface area contributed by atoms with Gasteiger partial charge in [-0.2, -0.15) is 5.10 Å². The van der Waals surface area contributed by atoms with Crippen molar-refractivity contribution in [1.29, 1.82) is 0 Å². The number of hydrogen-bond acceptors (Lipinski definition) is 2. The highest BCUT2D eigenvalue weighted by Crippen LogP contribution is 2.30. The van der Waals surface area contributed by atoms with Crippen LogP contribution < -0.4 is 0 Å². The zero-order chi connectivity index (χ0) is 11.8. The molecule has 0 saturated carbocycles. The lowest BCUT2D eigenvalue weighted by Gasteiger charge is -2.11. The first-order valence-corrected chi connectivity index (χ1v) is 5.92. The monoisotopic (exact) mass is 226 g/mol. The van der Waals surface area contributed by atoms with E-state index < -0.39 is 0 Å². The second-order valence-electron chi connectivity index (χ2n) is 4.44. The van der Waals surface area contributed by atoms with Crippen LogP contribution in [0.3, 0.4) is 0 Å². The van der Waals surface area contributed by atoms with Gasteiger partial charge in [-0.25, -0.2) is 0 Å². The van der Waals surface area contributed by atoms with Crippen LogP contribution in [0, 0.1) is 0 Å². The third-order valence-corrected chi connectivity index (χ3v) is 3.31. The Morgan fingerprint density at radius 1 is 1.18 bits per heavy atom. The highest BCUT2D eigenvalue weighted by atomic mass is 16.1. The third kappa shape index (κ3) is 1.58. The molecule has 3 nitrogen and oxygen atoms in total. The van der Waals surface area contributed by atoms with Gasteiger partial charge in [0.25, 0.3) is 0 Å². The third-order valence-electron chi connectivity index (χ3n) is 3.31. The normalized spacial score (nSPS) is 14.8. The van der Waals surface area contributed by atoms with E-state index in [1.807, 2.05) is 42.1 Å². The summed E-state index contributed by atoms with van der Waals surface area (Å²) in [5.74, 6) is 0.234. The summed E-state index contributed by atoms with van der Waals surface area (Å²) in [5.41, 5.74) is 3.79. The maximum Gasteiger partial charge on any atom is 0.166 e.